The van der Waals surface area contributed by atoms with Crippen molar-refractivity contribution in [3.8, 4) is 0 Å². The van der Waals surface area contributed by atoms with E-state index in [0.717, 1.165) is 0 Å². The van der Waals surface area contributed by atoms with Gasteiger partial charge in [-0.3, -0.25) is 9.59 Å². The fourth-order valence-electron chi connectivity index (χ4n) is 3.30. The summed E-state index contributed by atoms with van der Waals surface area (Å²) >= 11 is 5.81. The molecule has 1 aliphatic heterocycles. The molecule has 0 saturated carbocycles. The Morgan fingerprint density at radius 1 is 1.32 bits per heavy atom. The summed E-state index contributed by atoms with van der Waals surface area (Å²) in [5.41, 5.74) is 5.69. The Morgan fingerprint density at radius 2 is 2.07 bits per heavy atom. The standard InChI is InChI=1S/C21H20ClFN2O3/c1-13(24)15-3-2-4-18(11-15)25-8-7-21(28,20(25)27)19(26)6-5-14-9-16(22)12-17(23)10-14/h2-4,9-12,28H,1,5-8,24H2. The largest absolute Gasteiger partial charge is 0.399 e. The van der Waals surface area contributed by atoms with Crippen molar-refractivity contribution >= 4 is 34.7 Å². The van der Waals surface area contributed by atoms with Crippen LogP contribution in [0.1, 0.15) is 24.0 Å². The molecule has 0 radical (unpaired) electrons. The number of Topliss-reactive ketones (excluding diaryl/α,β-unsaturated/α-hetero) is 1. The van der Waals surface area contributed by atoms with Crippen molar-refractivity contribution in [3.63, 3.8) is 0 Å². The highest BCUT2D eigenvalue weighted by molar-refractivity contribution is 6.30. The molecule has 3 rings (SSSR count). The predicted octanol–water partition coefficient (Wildman–Crippen LogP) is 3.08. The third kappa shape index (κ3) is 3.93. The smallest absolute Gasteiger partial charge is 0.266 e. The van der Waals surface area contributed by atoms with Crippen LogP contribution in [0.2, 0.25) is 5.02 Å². The highest BCUT2D eigenvalue weighted by Crippen LogP contribution is 2.31. The first kappa shape index (κ1) is 20.0. The lowest BCUT2D eigenvalue weighted by Crippen LogP contribution is -2.47. The van der Waals surface area contributed by atoms with E-state index in [-0.39, 0.29) is 30.8 Å². The third-order valence-electron chi connectivity index (χ3n) is 4.85. The second-order valence-corrected chi connectivity index (χ2v) is 7.28. The lowest BCUT2D eigenvalue weighted by Gasteiger charge is -2.22. The summed E-state index contributed by atoms with van der Waals surface area (Å²) in [6, 6.07) is 10.9. The van der Waals surface area contributed by atoms with Crippen LogP contribution in [-0.2, 0) is 16.0 Å². The predicted molar refractivity (Wildman–Crippen MR) is 106 cm³/mol. The van der Waals surface area contributed by atoms with Crippen LogP contribution >= 0.6 is 11.6 Å². The van der Waals surface area contributed by atoms with Gasteiger partial charge in [0.25, 0.3) is 5.91 Å². The Labute approximate surface area is 167 Å². The monoisotopic (exact) mass is 402 g/mol. The number of hydrogen-bond donors (Lipinski definition) is 2. The van der Waals surface area contributed by atoms with Gasteiger partial charge in [0.05, 0.1) is 0 Å². The number of anilines is 1. The minimum atomic E-state index is -2.09. The number of carbonyl (C=O) groups is 2. The number of rotatable bonds is 6. The van der Waals surface area contributed by atoms with Crippen molar-refractivity contribution in [1.82, 2.24) is 0 Å². The maximum Gasteiger partial charge on any atom is 0.266 e. The summed E-state index contributed by atoms with van der Waals surface area (Å²) < 4.78 is 13.4. The molecule has 28 heavy (non-hydrogen) atoms. The quantitative estimate of drug-likeness (QED) is 0.727. The first-order chi connectivity index (χ1) is 13.2. The van der Waals surface area contributed by atoms with Gasteiger partial charge < -0.3 is 15.7 Å². The summed E-state index contributed by atoms with van der Waals surface area (Å²) in [7, 11) is 0. The lowest BCUT2D eigenvalue weighted by atomic mass is 9.92. The SMILES string of the molecule is C=C(N)c1cccc(N2CCC(O)(C(=O)CCc3cc(F)cc(Cl)c3)C2=O)c1. The van der Waals surface area contributed by atoms with E-state index < -0.39 is 23.1 Å². The van der Waals surface area contributed by atoms with Crippen molar-refractivity contribution in [1.29, 1.82) is 0 Å². The normalized spacial score (nSPS) is 19.1. The molecule has 2 aromatic rings. The van der Waals surface area contributed by atoms with Crippen LogP contribution in [0.25, 0.3) is 5.70 Å². The van der Waals surface area contributed by atoms with Gasteiger partial charge in [0.15, 0.2) is 5.78 Å². The van der Waals surface area contributed by atoms with E-state index in [1.807, 2.05) is 0 Å². The summed E-state index contributed by atoms with van der Waals surface area (Å²) in [4.78, 5) is 26.8. The molecule has 1 amide bonds. The van der Waals surface area contributed by atoms with Crippen molar-refractivity contribution in [3.05, 3.63) is 71.0 Å². The molecule has 0 aliphatic carbocycles. The Morgan fingerprint density at radius 3 is 2.75 bits per heavy atom. The zero-order valence-corrected chi connectivity index (χ0v) is 15.9. The zero-order valence-electron chi connectivity index (χ0n) is 15.1. The van der Waals surface area contributed by atoms with Gasteiger partial charge >= 0.3 is 0 Å². The molecule has 3 N–H and O–H groups in total. The topological polar surface area (TPSA) is 83.6 Å². The van der Waals surface area contributed by atoms with E-state index in [0.29, 0.717) is 22.5 Å². The van der Waals surface area contributed by atoms with Gasteiger partial charge in [0, 0.05) is 35.8 Å². The van der Waals surface area contributed by atoms with Gasteiger partial charge in [-0.15, -0.1) is 0 Å². The first-order valence-electron chi connectivity index (χ1n) is 8.78. The second kappa shape index (κ2) is 7.73. The van der Waals surface area contributed by atoms with Crippen molar-refractivity contribution < 1.29 is 19.1 Å². The summed E-state index contributed by atoms with van der Waals surface area (Å²) in [6.45, 7) is 3.87. The Balaban J connectivity index is 1.73. The van der Waals surface area contributed by atoms with Gasteiger partial charge in [-0.25, -0.2) is 4.39 Å². The van der Waals surface area contributed by atoms with Gasteiger partial charge in [-0.05, 0) is 47.9 Å². The van der Waals surface area contributed by atoms with Gasteiger partial charge in [0.2, 0.25) is 5.60 Å². The van der Waals surface area contributed by atoms with E-state index in [4.69, 9.17) is 17.3 Å². The maximum absolute atomic E-state index is 13.4. The fraction of sp³-hybridized carbons (Fsp3) is 0.238. The Kier molecular flexibility index (Phi) is 5.54. The number of halogens is 2. The van der Waals surface area contributed by atoms with Crippen LogP contribution in [0.5, 0.6) is 0 Å². The number of carbonyl (C=O) groups excluding carboxylic acids is 2. The molecule has 146 valence electrons. The van der Waals surface area contributed by atoms with Crippen molar-refractivity contribution in [2.75, 3.05) is 11.4 Å². The molecule has 1 aliphatic rings. The summed E-state index contributed by atoms with van der Waals surface area (Å²) in [5, 5.41) is 11.0. The Hall–Kier alpha value is -2.70. The molecule has 1 fully saturated rings. The van der Waals surface area contributed by atoms with Crippen LogP contribution in [0.4, 0.5) is 10.1 Å². The first-order valence-corrected chi connectivity index (χ1v) is 9.16. The number of amides is 1. The number of ketones is 1. The molecular formula is C21H20ClFN2O3. The average molecular weight is 403 g/mol. The van der Waals surface area contributed by atoms with E-state index in [9.17, 15) is 19.1 Å². The van der Waals surface area contributed by atoms with Crippen LogP contribution in [0.15, 0.2) is 49.0 Å². The van der Waals surface area contributed by atoms with E-state index in [2.05, 4.69) is 6.58 Å². The Bertz CT molecular complexity index is 942. The number of aliphatic hydroxyl groups is 1. The molecule has 0 aromatic heterocycles. The summed E-state index contributed by atoms with van der Waals surface area (Å²) in [6.07, 6.45) is 0.0618. The number of nitrogens with two attached hydrogens (primary N) is 1. The number of aryl methyl sites for hydroxylation is 1. The molecule has 2 aromatic carbocycles. The van der Waals surface area contributed by atoms with Crippen LogP contribution in [-0.4, -0.2) is 28.9 Å². The zero-order chi connectivity index (χ0) is 20.5. The van der Waals surface area contributed by atoms with Crippen molar-refractivity contribution in [2.45, 2.75) is 24.9 Å². The van der Waals surface area contributed by atoms with E-state index in [1.54, 1.807) is 30.3 Å². The number of hydrogen-bond acceptors (Lipinski definition) is 4. The maximum atomic E-state index is 13.4. The summed E-state index contributed by atoms with van der Waals surface area (Å²) in [5.74, 6) is -1.77. The molecule has 0 spiro atoms. The minimum absolute atomic E-state index is 0.0115. The highest BCUT2D eigenvalue weighted by atomic mass is 35.5. The molecule has 0 bridgehead atoms. The lowest BCUT2D eigenvalue weighted by molar-refractivity contribution is -0.147. The van der Waals surface area contributed by atoms with Crippen LogP contribution < -0.4 is 10.6 Å². The second-order valence-electron chi connectivity index (χ2n) is 6.84. The molecular weight excluding hydrogens is 383 g/mol. The molecule has 1 heterocycles. The molecule has 5 nitrogen and oxygen atoms in total. The van der Waals surface area contributed by atoms with Crippen LogP contribution in [0.3, 0.4) is 0 Å². The van der Waals surface area contributed by atoms with E-state index in [1.165, 1.54) is 17.0 Å². The average Bonchev–Trinajstić information content (AvgIpc) is 2.95. The highest BCUT2D eigenvalue weighted by Gasteiger charge is 2.50. The molecule has 1 unspecified atom stereocenters. The molecule has 1 atom stereocenters. The third-order valence-corrected chi connectivity index (χ3v) is 5.07. The molecule has 1 saturated heterocycles. The van der Waals surface area contributed by atoms with Gasteiger partial charge in [-0.1, -0.05) is 30.3 Å². The minimum Gasteiger partial charge on any atom is -0.399 e. The van der Waals surface area contributed by atoms with Gasteiger partial charge in [0.1, 0.15) is 5.82 Å². The van der Waals surface area contributed by atoms with Crippen molar-refractivity contribution in [2.24, 2.45) is 5.73 Å². The number of benzene rings is 2. The van der Waals surface area contributed by atoms with E-state index >= 15 is 0 Å². The number of nitrogens with zero attached hydrogens (tertiary/aromatic N) is 1. The fourth-order valence-corrected chi connectivity index (χ4v) is 3.55. The van der Waals surface area contributed by atoms with Gasteiger partial charge in [-0.2, -0.15) is 0 Å². The molecule has 7 heteroatoms. The van der Waals surface area contributed by atoms with Crippen LogP contribution in [0, 0.1) is 5.82 Å².